The molecule has 0 atom stereocenters. The van der Waals surface area contributed by atoms with Crippen molar-refractivity contribution >= 4 is 13.3 Å². The molecule has 0 N–H and O–H groups in total. The van der Waals surface area contributed by atoms with Crippen molar-refractivity contribution in [2.75, 3.05) is 0 Å². The lowest BCUT2D eigenvalue weighted by atomic mass is 9.87. The van der Waals surface area contributed by atoms with Crippen LogP contribution in [-0.2, 0) is 13.5 Å². The molecule has 1 nitrogen and oxygen atoms in total. The molecule has 0 fully saturated rings. The Morgan fingerprint density at radius 2 is 1.61 bits per heavy atom. The molecule has 0 saturated carbocycles. The van der Waals surface area contributed by atoms with Crippen molar-refractivity contribution in [3.63, 3.8) is 0 Å². The fraction of sp³-hybridized carbons (Fsp3) is 0.577. The highest BCUT2D eigenvalue weighted by Crippen LogP contribution is 2.30. The van der Waals surface area contributed by atoms with Crippen LogP contribution in [0.4, 0.5) is 0 Å². The van der Waals surface area contributed by atoms with E-state index >= 15 is 0 Å². The quantitative estimate of drug-likeness (QED) is 0.386. The van der Waals surface area contributed by atoms with Gasteiger partial charge in [0.25, 0.3) is 0 Å². The maximum absolute atomic E-state index is 2.50. The summed E-state index contributed by atoms with van der Waals surface area (Å²) in [6, 6.07) is 9.61. The summed E-state index contributed by atoms with van der Waals surface area (Å²) < 4.78 is 2.37. The summed E-state index contributed by atoms with van der Waals surface area (Å²) in [7, 11) is 0.818. The van der Waals surface area contributed by atoms with Gasteiger partial charge in [0.1, 0.15) is 7.05 Å². The molecule has 28 heavy (non-hydrogen) atoms. The van der Waals surface area contributed by atoms with Crippen molar-refractivity contribution in [3.05, 3.63) is 47.2 Å². The molecule has 0 aliphatic carbocycles. The fourth-order valence-corrected chi connectivity index (χ4v) is 5.99. The Balaban J connectivity index is 2.69. The maximum Gasteiger partial charge on any atom is 0.212 e. The van der Waals surface area contributed by atoms with E-state index < -0.39 is 8.07 Å². The Bertz CT molecular complexity index is 818. The van der Waals surface area contributed by atoms with Gasteiger partial charge >= 0.3 is 0 Å². The molecule has 0 bridgehead atoms. The lowest BCUT2D eigenvalue weighted by molar-refractivity contribution is -0.659. The zero-order valence-electron chi connectivity index (χ0n) is 20.0. The second-order valence-corrected chi connectivity index (χ2v) is 15.8. The van der Waals surface area contributed by atoms with Crippen LogP contribution in [0.5, 0.6) is 0 Å². The Kier molecular flexibility index (Phi) is 6.97. The Morgan fingerprint density at radius 1 is 1.00 bits per heavy atom. The number of nitrogens with zero attached hydrogens (tertiary/aromatic N) is 1. The van der Waals surface area contributed by atoms with Gasteiger partial charge in [0.15, 0.2) is 6.20 Å². The summed E-state index contributed by atoms with van der Waals surface area (Å²) in [5, 5.41) is 1.60. The van der Waals surface area contributed by atoms with Gasteiger partial charge in [-0.1, -0.05) is 66.4 Å². The van der Waals surface area contributed by atoms with E-state index in [1.54, 1.807) is 10.8 Å². The molecular formula is C26H42NSi+. The molecular weight excluding hydrogens is 354 g/mol. The van der Waals surface area contributed by atoms with Crippen LogP contribution < -0.4 is 9.75 Å². The smallest absolute Gasteiger partial charge is 0.201 e. The molecule has 0 saturated heterocycles. The standard InChI is InChI=1S/C26H42NSi/c1-11-20(12-2)21-14-13-19(3)23(15-21)24-16-22(17-26(4,5)6)25(18-27(24)7)28(8,9)10/h13-16,18,20H,11-12,17H2,1-10H3/q+1. The average Bonchev–Trinajstić information content (AvgIpc) is 2.56. The third kappa shape index (κ3) is 5.35. The second-order valence-electron chi connectivity index (χ2n) is 10.8. The topological polar surface area (TPSA) is 3.88 Å². The summed E-state index contributed by atoms with van der Waals surface area (Å²) in [4.78, 5) is 0. The van der Waals surface area contributed by atoms with E-state index in [4.69, 9.17) is 0 Å². The Labute approximate surface area is 175 Å². The number of aromatic nitrogens is 1. The summed E-state index contributed by atoms with van der Waals surface area (Å²) in [6.45, 7) is 21.3. The summed E-state index contributed by atoms with van der Waals surface area (Å²) in [6.07, 6.45) is 5.97. The van der Waals surface area contributed by atoms with E-state index in [9.17, 15) is 0 Å². The highest BCUT2D eigenvalue weighted by molar-refractivity contribution is 6.88. The molecule has 0 amide bonds. The SMILES string of the molecule is CCC(CC)c1ccc(C)c(-c2cc(CC(C)(C)C)c([Si](C)(C)C)c[n+]2C)c1. The molecule has 1 aromatic carbocycles. The van der Waals surface area contributed by atoms with E-state index in [0.717, 1.165) is 6.42 Å². The molecule has 0 unspecified atom stereocenters. The lowest BCUT2D eigenvalue weighted by Gasteiger charge is -2.25. The normalized spacial score (nSPS) is 12.7. The maximum atomic E-state index is 2.50. The van der Waals surface area contributed by atoms with E-state index in [2.05, 4.69) is 103 Å². The van der Waals surface area contributed by atoms with Gasteiger partial charge < -0.3 is 0 Å². The Morgan fingerprint density at radius 3 is 2.11 bits per heavy atom. The first-order chi connectivity index (χ1) is 12.9. The number of pyridine rings is 1. The van der Waals surface area contributed by atoms with Crippen LogP contribution in [0.2, 0.25) is 19.6 Å². The monoisotopic (exact) mass is 396 g/mol. The highest BCUT2D eigenvalue weighted by Gasteiger charge is 2.28. The summed E-state index contributed by atoms with van der Waals surface area (Å²) in [5.74, 6) is 0.653. The van der Waals surface area contributed by atoms with E-state index in [1.165, 1.54) is 35.2 Å². The number of rotatable bonds is 6. The highest BCUT2D eigenvalue weighted by atomic mass is 28.3. The van der Waals surface area contributed by atoms with Gasteiger partial charge in [-0.25, -0.2) is 4.57 Å². The molecule has 1 aromatic heterocycles. The van der Waals surface area contributed by atoms with Crippen molar-refractivity contribution in [1.29, 1.82) is 0 Å². The van der Waals surface area contributed by atoms with Crippen molar-refractivity contribution in [3.8, 4) is 11.3 Å². The number of hydrogen-bond donors (Lipinski definition) is 0. The van der Waals surface area contributed by atoms with Crippen LogP contribution in [-0.4, -0.2) is 8.07 Å². The number of benzene rings is 1. The second kappa shape index (κ2) is 8.53. The minimum atomic E-state index is -1.41. The van der Waals surface area contributed by atoms with Crippen LogP contribution in [0, 0.1) is 12.3 Å². The molecule has 0 aliphatic rings. The van der Waals surface area contributed by atoms with Gasteiger partial charge in [-0.2, -0.15) is 0 Å². The van der Waals surface area contributed by atoms with Crippen LogP contribution in [0.15, 0.2) is 30.5 Å². The average molecular weight is 397 g/mol. The van der Waals surface area contributed by atoms with Gasteiger partial charge in [-0.15, -0.1) is 0 Å². The predicted molar refractivity (Wildman–Crippen MR) is 127 cm³/mol. The molecule has 2 heteroatoms. The van der Waals surface area contributed by atoms with Gasteiger partial charge in [0, 0.05) is 16.8 Å². The van der Waals surface area contributed by atoms with Crippen molar-refractivity contribution < 1.29 is 4.57 Å². The largest absolute Gasteiger partial charge is 0.212 e. The number of hydrogen-bond acceptors (Lipinski definition) is 0. The summed E-state index contributed by atoms with van der Waals surface area (Å²) in [5.41, 5.74) is 7.44. The lowest BCUT2D eigenvalue weighted by Crippen LogP contribution is -2.47. The first-order valence-electron chi connectivity index (χ1n) is 11.0. The fourth-order valence-electron chi connectivity index (χ4n) is 4.28. The van der Waals surface area contributed by atoms with Gasteiger partial charge in [-0.3, -0.25) is 0 Å². The minimum Gasteiger partial charge on any atom is -0.201 e. The van der Waals surface area contributed by atoms with Crippen molar-refractivity contribution in [2.24, 2.45) is 12.5 Å². The molecule has 2 aromatic rings. The zero-order valence-corrected chi connectivity index (χ0v) is 21.0. The minimum absolute atomic E-state index is 0.290. The number of aryl methyl sites for hydroxylation is 2. The third-order valence-electron chi connectivity index (χ3n) is 5.88. The van der Waals surface area contributed by atoms with E-state index in [0.29, 0.717) is 5.92 Å². The van der Waals surface area contributed by atoms with Crippen LogP contribution in [0.3, 0.4) is 0 Å². The van der Waals surface area contributed by atoms with Crippen molar-refractivity contribution in [1.82, 2.24) is 0 Å². The van der Waals surface area contributed by atoms with Gasteiger partial charge in [-0.05, 0) is 60.3 Å². The van der Waals surface area contributed by atoms with E-state index in [-0.39, 0.29) is 5.41 Å². The third-order valence-corrected chi connectivity index (χ3v) is 7.95. The van der Waals surface area contributed by atoms with Gasteiger partial charge in [0.2, 0.25) is 5.69 Å². The molecule has 0 spiro atoms. The molecule has 154 valence electrons. The molecule has 0 aliphatic heterocycles. The predicted octanol–water partition coefficient (Wildman–Crippen LogP) is 6.52. The summed E-state index contributed by atoms with van der Waals surface area (Å²) >= 11 is 0. The van der Waals surface area contributed by atoms with Crippen molar-refractivity contribution in [2.45, 2.75) is 86.4 Å². The zero-order chi connectivity index (χ0) is 21.3. The van der Waals surface area contributed by atoms with Crippen LogP contribution in [0.1, 0.15) is 70.1 Å². The van der Waals surface area contributed by atoms with E-state index in [1.807, 2.05) is 0 Å². The molecule has 2 rings (SSSR count). The molecule has 0 radical (unpaired) electrons. The first-order valence-corrected chi connectivity index (χ1v) is 14.5. The molecule has 1 heterocycles. The Hall–Kier alpha value is -1.41. The first kappa shape index (κ1) is 22.9. The van der Waals surface area contributed by atoms with Crippen LogP contribution in [0.25, 0.3) is 11.3 Å². The van der Waals surface area contributed by atoms with Gasteiger partial charge in [0.05, 0.1) is 8.07 Å². The van der Waals surface area contributed by atoms with Crippen LogP contribution >= 0.6 is 0 Å².